The number of carbonyl (C=O) groups excluding carboxylic acids is 1. The zero-order valence-electron chi connectivity index (χ0n) is 13.3. The first-order chi connectivity index (χ1) is 11.6. The van der Waals surface area contributed by atoms with Crippen LogP contribution in [0.4, 0.5) is 0 Å². The van der Waals surface area contributed by atoms with E-state index in [2.05, 4.69) is 17.1 Å². The third-order valence-electron chi connectivity index (χ3n) is 4.73. The smallest absolute Gasteiger partial charge is 0.276 e. The van der Waals surface area contributed by atoms with Crippen LogP contribution in [0.25, 0.3) is 11.3 Å². The summed E-state index contributed by atoms with van der Waals surface area (Å²) in [7, 11) is 2.07. The molecular weight excluding hydrogens is 330 g/mol. The van der Waals surface area contributed by atoms with Crippen LogP contribution >= 0.6 is 11.6 Å². The van der Waals surface area contributed by atoms with E-state index in [1.807, 2.05) is 18.2 Å². The van der Waals surface area contributed by atoms with Gasteiger partial charge in [0, 0.05) is 31.3 Å². The molecule has 0 spiro atoms. The Balaban J connectivity index is 1.53. The fourth-order valence-electron chi connectivity index (χ4n) is 3.35. The Kier molecular flexibility index (Phi) is 4.04. The van der Waals surface area contributed by atoms with Gasteiger partial charge in [-0.05, 0) is 19.2 Å². The number of morpholine rings is 1. The Morgan fingerprint density at radius 1 is 1.33 bits per heavy atom. The summed E-state index contributed by atoms with van der Waals surface area (Å²) in [5.74, 6) is 0.359. The molecule has 4 rings (SSSR count). The molecule has 3 heterocycles. The molecule has 0 saturated carbocycles. The predicted octanol–water partition coefficient (Wildman–Crippen LogP) is 2.15. The van der Waals surface area contributed by atoms with Gasteiger partial charge in [0.15, 0.2) is 11.5 Å². The van der Waals surface area contributed by atoms with Crippen LogP contribution in [0.1, 0.15) is 10.5 Å². The molecule has 0 unspecified atom stereocenters. The summed E-state index contributed by atoms with van der Waals surface area (Å²) in [5.41, 5.74) is 1.02. The molecule has 6 nitrogen and oxygen atoms in total. The van der Waals surface area contributed by atoms with Crippen molar-refractivity contribution in [2.75, 3.05) is 33.3 Å². The van der Waals surface area contributed by atoms with Crippen LogP contribution in [-0.4, -0.2) is 66.3 Å². The predicted molar refractivity (Wildman–Crippen MR) is 89.0 cm³/mol. The first-order valence-corrected chi connectivity index (χ1v) is 8.34. The minimum absolute atomic E-state index is 0.0719. The summed E-state index contributed by atoms with van der Waals surface area (Å²) < 4.78 is 11.1. The van der Waals surface area contributed by atoms with Gasteiger partial charge in [-0.25, -0.2) is 0 Å². The van der Waals surface area contributed by atoms with Gasteiger partial charge in [0.25, 0.3) is 5.91 Å². The van der Waals surface area contributed by atoms with Crippen molar-refractivity contribution in [3.05, 3.63) is 41.0 Å². The number of halogens is 1. The molecule has 1 aromatic heterocycles. The van der Waals surface area contributed by atoms with Gasteiger partial charge in [-0.1, -0.05) is 28.9 Å². The topological polar surface area (TPSA) is 58.8 Å². The van der Waals surface area contributed by atoms with Crippen LogP contribution in [0.2, 0.25) is 5.02 Å². The number of nitrogens with zero attached hydrogens (tertiary/aromatic N) is 3. The van der Waals surface area contributed by atoms with E-state index >= 15 is 0 Å². The highest BCUT2D eigenvalue weighted by molar-refractivity contribution is 6.33. The summed E-state index contributed by atoms with van der Waals surface area (Å²) in [5, 5.41) is 4.50. The van der Waals surface area contributed by atoms with Gasteiger partial charge in [0.2, 0.25) is 0 Å². The summed E-state index contributed by atoms with van der Waals surface area (Å²) >= 11 is 6.17. The first-order valence-electron chi connectivity index (χ1n) is 7.96. The lowest BCUT2D eigenvalue weighted by Gasteiger charge is -2.33. The quantitative estimate of drug-likeness (QED) is 0.833. The van der Waals surface area contributed by atoms with E-state index in [9.17, 15) is 4.79 Å². The number of likely N-dealkylation sites (tertiary alicyclic amines) is 1. The van der Waals surface area contributed by atoms with Gasteiger partial charge in [-0.2, -0.15) is 0 Å². The zero-order chi connectivity index (χ0) is 16.7. The van der Waals surface area contributed by atoms with Crippen molar-refractivity contribution in [3.63, 3.8) is 0 Å². The third kappa shape index (κ3) is 2.70. The summed E-state index contributed by atoms with van der Waals surface area (Å²) in [6.07, 6.45) is 0.0719. The van der Waals surface area contributed by atoms with Crippen LogP contribution in [0.3, 0.4) is 0 Å². The van der Waals surface area contributed by atoms with Crippen molar-refractivity contribution in [3.8, 4) is 11.3 Å². The van der Waals surface area contributed by atoms with Crippen LogP contribution in [0.15, 0.2) is 34.9 Å². The van der Waals surface area contributed by atoms with Gasteiger partial charge in [0.1, 0.15) is 0 Å². The lowest BCUT2D eigenvalue weighted by atomic mass is 10.1. The number of hydrogen-bond donors (Lipinski definition) is 0. The molecule has 2 aromatic rings. The Morgan fingerprint density at radius 3 is 2.96 bits per heavy atom. The number of fused-ring (bicyclic) bond motifs is 1. The highest BCUT2D eigenvalue weighted by atomic mass is 35.5. The second kappa shape index (κ2) is 6.20. The Labute approximate surface area is 144 Å². The van der Waals surface area contributed by atoms with E-state index in [-0.39, 0.29) is 18.1 Å². The number of hydrogen-bond acceptors (Lipinski definition) is 5. The maximum Gasteiger partial charge on any atom is 0.276 e. The van der Waals surface area contributed by atoms with Gasteiger partial charge < -0.3 is 14.2 Å². The lowest BCUT2D eigenvalue weighted by Crippen LogP contribution is -2.48. The number of aromatic nitrogens is 1. The average molecular weight is 348 g/mol. The van der Waals surface area contributed by atoms with Gasteiger partial charge in [-0.15, -0.1) is 0 Å². The largest absolute Gasteiger partial charge is 0.373 e. The molecule has 7 heteroatoms. The minimum atomic E-state index is -0.136. The maximum absolute atomic E-state index is 12.7. The van der Waals surface area contributed by atoms with Gasteiger partial charge in [-0.3, -0.25) is 9.69 Å². The van der Waals surface area contributed by atoms with E-state index < -0.39 is 0 Å². The SMILES string of the molecule is CN1CCO[C@@H]2CN(C(=O)c3cc(-c4ccccc4Cl)on3)C[C@@H]21. The number of likely N-dealkylation sites (N-methyl/N-ethyl adjacent to an activating group) is 1. The fraction of sp³-hybridized carbons (Fsp3) is 0.412. The third-order valence-corrected chi connectivity index (χ3v) is 5.06. The van der Waals surface area contributed by atoms with E-state index in [1.165, 1.54) is 0 Å². The molecule has 126 valence electrons. The number of carbonyl (C=O) groups is 1. The van der Waals surface area contributed by atoms with Crippen molar-refractivity contribution in [2.24, 2.45) is 0 Å². The van der Waals surface area contributed by atoms with Crippen molar-refractivity contribution < 1.29 is 14.1 Å². The molecule has 1 amide bonds. The van der Waals surface area contributed by atoms with Crippen LogP contribution in [-0.2, 0) is 4.74 Å². The molecule has 0 aliphatic carbocycles. The molecule has 2 aliphatic rings. The molecule has 0 radical (unpaired) electrons. The molecule has 2 fully saturated rings. The Hall–Kier alpha value is -1.89. The molecular formula is C17H18ClN3O3. The van der Waals surface area contributed by atoms with Crippen molar-refractivity contribution in [1.82, 2.24) is 15.0 Å². The number of benzene rings is 1. The van der Waals surface area contributed by atoms with Gasteiger partial charge >= 0.3 is 0 Å². The fourth-order valence-corrected chi connectivity index (χ4v) is 3.58. The number of amides is 1. The van der Waals surface area contributed by atoms with Crippen molar-refractivity contribution in [1.29, 1.82) is 0 Å². The number of ether oxygens (including phenoxy) is 1. The van der Waals surface area contributed by atoms with Crippen LogP contribution in [0, 0.1) is 0 Å². The first kappa shape index (κ1) is 15.6. The molecule has 0 bridgehead atoms. The average Bonchev–Trinajstić information content (AvgIpc) is 3.22. The zero-order valence-corrected chi connectivity index (χ0v) is 14.1. The standard InChI is InChI=1S/C17H18ClN3O3/c1-20-6-7-23-16-10-21(9-14(16)20)17(22)13-8-15(24-19-13)11-4-2-3-5-12(11)18/h2-5,8,14,16H,6-7,9-10H2,1H3/t14-,16+/m0/s1. The second-order valence-corrected chi connectivity index (χ2v) is 6.63. The monoisotopic (exact) mass is 347 g/mol. The molecule has 2 atom stereocenters. The maximum atomic E-state index is 12.7. The molecule has 0 N–H and O–H groups in total. The van der Waals surface area contributed by atoms with E-state index in [4.69, 9.17) is 20.9 Å². The lowest BCUT2D eigenvalue weighted by molar-refractivity contribution is -0.0368. The van der Waals surface area contributed by atoms with Crippen LogP contribution in [0.5, 0.6) is 0 Å². The van der Waals surface area contributed by atoms with E-state index in [0.717, 1.165) is 12.1 Å². The van der Waals surface area contributed by atoms with E-state index in [1.54, 1.807) is 17.0 Å². The van der Waals surface area contributed by atoms with Crippen molar-refractivity contribution in [2.45, 2.75) is 12.1 Å². The Morgan fingerprint density at radius 2 is 2.17 bits per heavy atom. The van der Waals surface area contributed by atoms with Crippen molar-refractivity contribution >= 4 is 17.5 Å². The summed E-state index contributed by atoms with van der Waals surface area (Å²) in [6, 6.07) is 9.22. The molecule has 2 aliphatic heterocycles. The van der Waals surface area contributed by atoms with Crippen LogP contribution < -0.4 is 0 Å². The highest BCUT2D eigenvalue weighted by Crippen LogP contribution is 2.29. The van der Waals surface area contributed by atoms with Gasteiger partial charge in [0.05, 0.1) is 23.8 Å². The number of rotatable bonds is 2. The molecule has 24 heavy (non-hydrogen) atoms. The normalized spacial score (nSPS) is 24.2. The summed E-state index contributed by atoms with van der Waals surface area (Å²) in [6.45, 7) is 2.83. The molecule has 2 saturated heterocycles. The second-order valence-electron chi connectivity index (χ2n) is 6.22. The minimum Gasteiger partial charge on any atom is -0.373 e. The highest BCUT2D eigenvalue weighted by Gasteiger charge is 2.41. The Bertz CT molecular complexity index is 763. The summed E-state index contributed by atoms with van der Waals surface area (Å²) in [4.78, 5) is 16.8. The molecule has 1 aromatic carbocycles. The van der Waals surface area contributed by atoms with E-state index in [0.29, 0.717) is 36.2 Å².